The molecule has 88 valence electrons. The minimum absolute atomic E-state index is 0.0829. The second kappa shape index (κ2) is 5.56. The van der Waals surface area contributed by atoms with Crippen molar-refractivity contribution >= 4 is 11.9 Å². The molecule has 0 atom stereocenters. The summed E-state index contributed by atoms with van der Waals surface area (Å²) < 4.78 is 5.03. The summed E-state index contributed by atoms with van der Waals surface area (Å²) in [4.78, 5) is 21.3. The summed E-state index contributed by atoms with van der Waals surface area (Å²) in [5.74, 6) is 4.06. The summed E-state index contributed by atoms with van der Waals surface area (Å²) in [6.45, 7) is 0. The highest BCUT2D eigenvalue weighted by Crippen LogP contribution is 2.18. The molecule has 0 fully saturated rings. The molecule has 0 spiro atoms. The normalized spacial score (nSPS) is 9.00. The van der Waals surface area contributed by atoms with Crippen LogP contribution in [0.4, 0.5) is 0 Å². The van der Waals surface area contributed by atoms with Crippen LogP contribution in [0.15, 0.2) is 18.2 Å². The maximum absolute atomic E-state index is 10.8. The number of hydrogen-bond donors (Lipinski definition) is 2. The first kappa shape index (κ1) is 12.6. The third-order valence-corrected chi connectivity index (χ3v) is 1.93. The molecule has 5 heteroatoms. The number of carboxylic acids is 1. The van der Waals surface area contributed by atoms with Gasteiger partial charge in [-0.3, -0.25) is 4.79 Å². The molecule has 0 heterocycles. The van der Waals surface area contributed by atoms with Gasteiger partial charge in [0, 0.05) is 0 Å². The SMILES string of the molecule is COc1ccc(C(=O)O)cc1C#CCC(N)=O. The molecule has 0 saturated carbocycles. The molecule has 1 rings (SSSR count). The summed E-state index contributed by atoms with van der Waals surface area (Å²) in [7, 11) is 1.45. The molecule has 0 aromatic heterocycles. The van der Waals surface area contributed by atoms with Crippen LogP contribution in [0.2, 0.25) is 0 Å². The van der Waals surface area contributed by atoms with E-state index in [2.05, 4.69) is 11.8 Å². The maximum atomic E-state index is 10.8. The highest BCUT2D eigenvalue weighted by atomic mass is 16.5. The van der Waals surface area contributed by atoms with Gasteiger partial charge in [0.2, 0.25) is 5.91 Å². The van der Waals surface area contributed by atoms with Gasteiger partial charge in [-0.2, -0.15) is 0 Å². The fourth-order valence-electron chi connectivity index (χ4n) is 1.17. The number of aromatic carboxylic acids is 1. The van der Waals surface area contributed by atoms with E-state index in [0.717, 1.165) is 0 Å². The molecule has 0 saturated heterocycles. The summed E-state index contributed by atoms with van der Waals surface area (Å²) >= 11 is 0. The van der Waals surface area contributed by atoms with Gasteiger partial charge >= 0.3 is 5.97 Å². The molecule has 1 amide bonds. The van der Waals surface area contributed by atoms with Crippen molar-refractivity contribution in [3.63, 3.8) is 0 Å². The van der Waals surface area contributed by atoms with E-state index in [-0.39, 0.29) is 12.0 Å². The Labute approximate surface area is 98.2 Å². The molecule has 0 bridgehead atoms. The number of carbonyl (C=O) groups excluding carboxylic acids is 1. The first-order chi connectivity index (χ1) is 8.04. The standard InChI is InChI=1S/C12H11NO4/c1-17-10-6-5-9(12(15)16)7-8(10)3-2-4-11(13)14/h5-7H,4H2,1H3,(H2,13,14)(H,15,16). The van der Waals surface area contributed by atoms with E-state index in [1.807, 2.05) is 0 Å². The Morgan fingerprint density at radius 1 is 1.47 bits per heavy atom. The van der Waals surface area contributed by atoms with Gasteiger partial charge in [0.1, 0.15) is 5.75 Å². The number of rotatable bonds is 3. The molecule has 0 unspecified atom stereocenters. The Balaban J connectivity index is 3.08. The number of benzene rings is 1. The number of primary amides is 1. The highest BCUT2D eigenvalue weighted by molar-refractivity contribution is 5.88. The van der Waals surface area contributed by atoms with Crippen molar-refractivity contribution in [2.45, 2.75) is 6.42 Å². The van der Waals surface area contributed by atoms with Gasteiger partial charge in [0.05, 0.1) is 24.7 Å². The van der Waals surface area contributed by atoms with Gasteiger partial charge < -0.3 is 15.6 Å². The third-order valence-electron chi connectivity index (χ3n) is 1.93. The Morgan fingerprint density at radius 3 is 2.71 bits per heavy atom. The van der Waals surface area contributed by atoms with Crippen LogP contribution in [0.25, 0.3) is 0 Å². The minimum atomic E-state index is -1.05. The van der Waals surface area contributed by atoms with Crippen molar-refractivity contribution in [2.75, 3.05) is 7.11 Å². The molecule has 0 aliphatic carbocycles. The molecular formula is C12H11NO4. The minimum Gasteiger partial charge on any atom is -0.495 e. The van der Waals surface area contributed by atoms with Crippen molar-refractivity contribution in [3.05, 3.63) is 29.3 Å². The fourth-order valence-corrected chi connectivity index (χ4v) is 1.17. The van der Waals surface area contributed by atoms with Crippen LogP contribution in [-0.2, 0) is 4.79 Å². The number of carboxylic acid groups (broad SMARTS) is 1. The van der Waals surface area contributed by atoms with Gasteiger partial charge in [-0.05, 0) is 18.2 Å². The Hall–Kier alpha value is -2.48. The van der Waals surface area contributed by atoms with E-state index in [1.54, 1.807) is 0 Å². The largest absolute Gasteiger partial charge is 0.495 e. The van der Waals surface area contributed by atoms with Crippen LogP contribution in [-0.4, -0.2) is 24.1 Å². The predicted molar refractivity (Wildman–Crippen MR) is 60.6 cm³/mol. The molecule has 0 aliphatic heterocycles. The van der Waals surface area contributed by atoms with Gasteiger partial charge in [0.25, 0.3) is 0 Å². The number of amides is 1. The lowest BCUT2D eigenvalue weighted by molar-refractivity contribution is -0.117. The van der Waals surface area contributed by atoms with E-state index in [0.29, 0.717) is 11.3 Å². The van der Waals surface area contributed by atoms with Crippen LogP contribution < -0.4 is 10.5 Å². The van der Waals surface area contributed by atoms with Crippen molar-refractivity contribution in [1.82, 2.24) is 0 Å². The average molecular weight is 233 g/mol. The highest BCUT2D eigenvalue weighted by Gasteiger charge is 2.07. The van der Waals surface area contributed by atoms with E-state index >= 15 is 0 Å². The zero-order chi connectivity index (χ0) is 12.8. The molecule has 17 heavy (non-hydrogen) atoms. The van der Waals surface area contributed by atoms with Crippen LogP contribution in [0.3, 0.4) is 0 Å². The quantitative estimate of drug-likeness (QED) is 0.749. The molecule has 1 aromatic carbocycles. The molecule has 0 radical (unpaired) electrons. The fraction of sp³-hybridized carbons (Fsp3) is 0.167. The molecule has 3 N–H and O–H groups in total. The lowest BCUT2D eigenvalue weighted by Gasteiger charge is -2.03. The second-order valence-electron chi connectivity index (χ2n) is 3.17. The number of carbonyl (C=O) groups is 2. The van der Waals surface area contributed by atoms with Gasteiger partial charge in [0.15, 0.2) is 0 Å². The summed E-state index contributed by atoms with van der Waals surface area (Å²) in [5, 5.41) is 8.82. The van der Waals surface area contributed by atoms with Gasteiger partial charge in [-0.25, -0.2) is 4.79 Å². The summed E-state index contributed by atoms with van der Waals surface area (Å²) in [5.41, 5.74) is 5.45. The number of hydrogen-bond acceptors (Lipinski definition) is 3. The summed E-state index contributed by atoms with van der Waals surface area (Å²) in [6, 6.07) is 4.31. The third kappa shape index (κ3) is 3.54. The second-order valence-corrected chi connectivity index (χ2v) is 3.17. The van der Waals surface area contributed by atoms with E-state index in [4.69, 9.17) is 15.6 Å². The lowest BCUT2D eigenvalue weighted by atomic mass is 10.1. The van der Waals surface area contributed by atoms with Crippen molar-refractivity contribution < 1.29 is 19.4 Å². The zero-order valence-corrected chi connectivity index (χ0v) is 9.19. The first-order valence-electron chi connectivity index (χ1n) is 4.73. The van der Waals surface area contributed by atoms with E-state index in [1.165, 1.54) is 25.3 Å². The van der Waals surface area contributed by atoms with E-state index in [9.17, 15) is 9.59 Å². The van der Waals surface area contributed by atoms with Crippen molar-refractivity contribution in [2.24, 2.45) is 5.73 Å². The van der Waals surface area contributed by atoms with Crippen LogP contribution in [0.1, 0.15) is 22.3 Å². The molecule has 1 aromatic rings. The van der Waals surface area contributed by atoms with Crippen LogP contribution in [0.5, 0.6) is 5.75 Å². The van der Waals surface area contributed by atoms with Gasteiger partial charge in [-0.15, -0.1) is 0 Å². The zero-order valence-electron chi connectivity index (χ0n) is 9.19. The van der Waals surface area contributed by atoms with Gasteiger partial charge in [-0.1, -0.05) is 11.8 Å². The Morgan fingerprint density at radius 2 is 2.18 bits per heavy atom. The first-order valence-corrected chi connectivity index (χ1v) is 4.73. The summed E-state index contributed by atoms with van der Waals surface area (Å²) in [6.07, 6.45) is -0.0829. The Bertz CT molecular complexity index is 511. The monoisotopic (exact) mass is 233 g/mol. The molecular weight excluding hydrogens is 222 g/mol. The predicted octanol–water partition coefficient (Wildman–Crippen LogP) is 0.620. The number of methoxy groups -OCH3 is 1. The lowest BCUT2D eigenvalue weighted by Crippen LogP contribution is -2.08. The maximum Gasteiger partial charge on any atom is 0.335 e. The van der Waals surface area contributed by atoms with Crippen LogP contribution in [0, 0.1) is 11.8 Å². The molecule has 5 nitrogen and oxygen atoms in total. The average Bonchev–Trinajstić information content (AvgIpc) is 2.28. The van der Waals surface area contributed by atoms with E-state index < -0.39 is 11.9 Å². The van der Waals surface area contributed by atoms with Crippen LogP contribution >= 0.6 is 0 Å². The topological polar surface area (TPSA) is 89.6 Å². The number of nitrogens with two attached hydrogens (primary N) is 1. The number of ether oxygens (including phenoxy) is 1. The molecule has 0 aliphatic rings. The Kier molecular flexibility index (Phi) is 4.12. The van der Waals surface area contributed by atoms with Crippen molar-refractivity contribution in [1.29, 1.82) is 0 Å². The van der Waals surface area contributed by atoms with Crippen molar-refractivity contribution in [3.8, 4) is 17.6 Å². The smallest absolute Gasteiger partial charge is 0.335 e.